The number of rotatable bonds is 0. The van der Waals surface area contributed by atoms with Gasteiger partial charge in [-0.15, -0.1) is 0 Å². The Labute approximate surface area is 153 Å². The molecule has 0 N–H and O–H groups in total. The van der Waals surface area contributed by atoms with E-state index in [1.165, 1.54) is 9.79 Å². The predicted molar refractivity (Wildman–Crippen MR) is 103 cm³/mol. The highest BCUT2D eigenvalue weighted by Gasteiger charge is 2.17. The third kappa shape index (κ3) is 1.96. The van der Waals surface area contributed by atoms with E-state index in [4.69, 9.17) is 14.7 Å². The Morgan fingerprint density at radius 2 is 1.31 bits per heavy atom. The molecule has 2 aliphatic rings. The molecule has 2 aliphatic heterocycles. The molecule has 4 aromatic rings. The van der Waals surface area contributed by atoms with Crippen molar-refractivity contribution < 1.29 is 4.74 Å². The quantitative estimate of drug-likeness (QED) is 0.371. The molecule has 2 heterocycles. The highest BCUT2D eigenvalue weighted by Crippen LogP contribution is 2.38. The van der Waals surface area contributed by atoms with E-state index in [-0.39, 0.29) is 0 Å². The third-order valence-corrected chi connectivity index (χ3v) is 5.82. The Bertz CT molecular complexity index is 1240. The first kappa shape index (κ1) is 14.1. The van der Waals surface area contributed by atoms with Gasteiger partial charge in [0.2, 0.25) is 0 Å². The van der Waals surface area contributed by atoms with Crippen molar-refractivity contribution in [3.05, 3.63) is 83.5 Å². The van der Waals surface area contributed by atoms with Crippen molar-refractivity contribution >= 4 is 33.9 Å². The van der Waals surface area contributed by atoms with Gasteiger partial charge in [-0.05, 0) is 42.5 Å². The number of fused-ring (bicyclic) bond motifs is 7. The molecular weight excluding hydrogens is 340 g/mol. The van der Waals surface area contributed by atoms with Gasteiger partial charge in [-0.25, -0.2) is 9.98 Å². The van der Waals surface area contributed by atoms with Gasteiger partial charge in [-0.1, -0.05) is 42.1 Å². The van der Waals surface area contributed by atoms with Crippen molar-refractivity contribution in [1.29, 1.82) is 0 Å². The van der Waals surface area contributed by atoms with Crippen molar-refractivity contribution in [1.82, 2.24) is 0 Å². The number of hydrogen-bond acceptors (Lipinski definition) is 4. The zero-order valence-corrected chi connectivity index (χ0v) is 14.5. The van der Waals surface area contributed by atoms with E-state index in [0.717, 1.165) is 44.4 Å². The van der Waals surface area contributed by atoms with Crippen LogP contribution in [0.25, 0.3) is 10.8 Å². The van der Waals surface area contributed by atoms with Crippen LogP contribution in [0.1, 0.15) is 0 Å². The number of benzene rings is 4. The maximum atomic E-state index is 6.06. The summed E-state index contributed by atoms with van der Waals surface area (Å²) in [4.78, 5) is 12.2. The molecule has 6 rings (SSSR count). The van der Waals surface area contributed by atoms with Gasteiger partial charge in [0.1, 0.15) is 11.0 Å². The molecule has 0 bridgehead atoms. The summed E-state index contributed by atoms with van der Waals surface area (Å²) < 4.78 is 6.06. The summed E-state index contributed by atoms with van der Waals surface area (Å²) in [6.45, 7) is 0. The minimum absolute atomic E-state index is 0.792. The lowest BCUT2D eigenvalue weighted by molar-refractivity contribution is 0.471. The maximum absolute atomic E-state index is 6.06. The van der Waals surface area contributed by atoms with Crippen LogP contribution in [-0.4, -0.2) is 0 Å². The average Bonchev–Trinajstić information content (AvgIpc) is 2.70. The van der Waals surface area contributed by atoms with Gasteiger partial charge in [0, 0.05) is 20.6 Å². The first-order valence-electron chi connectivity index (χ1n) is 8.44. The fraction of sp³-hybridized carbons (Fsp3) is 0. The molecule has 0 radical (unpaired) electrons. The summed E-state index contributed by atoms with van der Waals surface area (Å²) in [6, 6.07) is 24.5. The molecule has 122 valence electrons. The number of ether oxygens (including phenoxy) is 1. The minimum atomic E-state index is 0.792. The summed E-state index contributed by atoms with van der Waals surface area (Å²) in [5, 5.41) is 4.07. The second-order valence-electron chi connectivity index (χ2n) is 6.28. The van der Waals surface area contributed by atoms with E-state index in [1.54, 1.807) is 11.8 Å². The van der Waals surface area contributed by atoms with E-state index in [0.29, 0.717) is 0 Å². The number of nitrogens with zero attached hydrogens (tertiary/aromatic N) is 2. The summed E-state index contributed by atoms with van der Waals surface area (Å²) in [6.07, 6.45) is 0. The van der Waals surface area contributed by atoms with Gasteiger partial charge in [0.25, 0.3) is 0 Å². The molecule has 3 nitrogen and oxygen atoms in total. The van der Waals surface area contributed by atoms with Gasteiger partial charge < -0.3 is 4.74 Å². The molecule has 0 aliphatic carbocycles. The fourth-order valence-electron chi connectivity index (χ4n) is 3.48. The Kier molecular flexibility index (Phi) is 2.82. The highest BCUT2D eigenvalue weighted by molar-refractivity contribution is 7.99. The van der Waals surface area contributed by atoms with E-state index in [1.807, 2.05) is 36.4 Å². The molecule has 0 atom stereocenters. The first-order valence-corrected chi connectivity index (χ1v) is 9.25. The summed E-state index contributed by atoms with van der Waals surface area (Å²) >= 11 is 1.77. The molecule has 0 aromatic heterocycles. The zero-order valence-electron chi connectivity index (χ0n) is 13.6. The molecular formula is C22H12N2OS. The average molecular weight is 352 g/mol. The standard InChI is InChI=1S/C22H12N2OS/c1-3-7-17-15(5-1)23-21-13-10-12-20-22(14(13)9-11-18(21)25-17)24-16-6-2-4-8-19(16)26-20/h1-12H. The van der Waals surface area contributed by atoms with Gasteiger partial charge in [-0.3, -0.25) is 0 Å². The van der Waals surface area contributed by atoms with Crippen LogP contribution in [0, 0.1) is 0 Å². The Morgan fingerprint density at radius 3 is 2.27 bits per heavy atom. The van der Waals surface area contributed by atoms with Crippen molar-refractivity contribution in [2.45, 2.75) is 9.79 Å². The van der Waals surface area contributed by atoms with E-state index < -0.39 is 0 Å². The van der Waals surface area contributed by atoms with Crippen molar-refractivity contribution in [3.63, 3.8) is 0 Å². The van der Waals surface area contributed by atoms with Gasteiger partial charge in [0.05, 0.1) is 11.0 Å². The van der Waals surface area contributed by atoms with Gasteiger partial charge in [0.15, 0.2) is 11.5 Å². The van der Waals surface area contributed by atoms with Crippen molar-refractivity contribution in [2.24, 2.45) is 9.98 Å². The fourth-order valence-corrected chi connectivity index (χ4v) is 4.47. The number of hydrogen-bond donors (Lipinski definition) is 0. The maximum Gasteiger partial charge on any atom is 0.153 e. The minimum Gasteiger partial charge on any atom is -0.453 e. The van der Waals surface area contributed by atoms with E-state index >= 15 is 0 Å². The van der Waals surface area contributed by atoms with Crippen LogP contribution in [-0.2, 0) is 0 Å². The predicted octanol–water partition coefficient (Wildman–Crippen LogP) is 5.31. The van der Waals surface area contributed by atoms with Crippen molar-refractivity contribution in [3.8, 4) is 11.5 Å². The van der Waals surface area contributed by atoms with Gasteiger partial charge in [-0.2, -0.15) is 0 Å². The van der Waals surface area contributed by atoms with E-state index in [2.05, 4.69) is 36.4 Å². The second kappa shape index (κ2) is 5.19. The summed E-state index contributed by atoms with van der Waals surface area (Å²) in [5.41, 5.74) is 1.88. The van der Waals surface area contributed by atoms with Crippen molar-refractivity contribution in [2.75, 3.05) is 0 Å². The molecule has 0 unspecified atom stereocenters. The summed E-state index contributed by atoms with van der Waals surface area (Å²) in [7, 11) is 0. The molecule has 0 fully saturated rings. The van der Waals surface area contributed by atoms with Crippen LogP contribution in [0.2, 0.25) is 0 Å². The Balaban J connectivity index is 1.71. The zero-order chi connectivity index (χ0) is 17.1. The van der Waals surface area contributed by atoms with E-state index in [9.17, 15) is 0 Å². The summed E-state index contributed by atoms with van der Waals surface area (Å²) in [5.74, 6) is 1.59. The normalized spacial score (nSPS) is 13.4. The van der Waals surface area contributed by atoms with Gasteiger partial charge >= 0.3 is 0 Å². The molecule has 0 saturated heterocycles. The molecule has 0 amide bonds. The van der Waals surface area contributed by atoms with Crippen LogP contribution >= 0.6 is 11.8 Å². The lowest BCUT2D eigenvalue weighted by Crippen LogP contribution is -2.16. The monoisotopic (exact) mass is 352 g/mol. The number of para-hydroxylation sites is 3. The first-order chi connectivity index (χ1) is 12.9. The van der Waals surface area contributed by atoms with Crippen LogP contribution in [0.3, 0.4) is 0 Å². The highest BCUT2D eigenvalue weighted by atomic mass is 32.2. The molecule has 0 spiro atoms. The Hall–Kier alpha value is -3.11. The largest absolute Gasteiger partial charge is 0.453 e. The van der Waals surface area contributed by atoms with Crippen LogP contribution in [0.15, 0.2) is 92.6 Å². The molecule has 26 heavy (non-hydrogen) atoms. The SMILES string of the molecule is c1ccc2c(c1)N=c1c(ccc3c4c(ccc13)Sc1ccccc1N=4)O2. The molecule has 0 saturated carbocycles. The lowest BCUT2D eigenvalue weighted by Gasteiger charge is -2.17. The second-order valence-corrected chi connectivity index (χ2v) is 7.37. The molecule has 4 aromatic carbocycles. The van der Waals surface area contributed by atoms with Crippen LogP contribution in [0.5, 0.6) is 11.5 Å². The molecule has 4 heteroatoms. The van der Waals surface area contributed by atoms with Crippen LogP contribution < -0.4 is 15.5 Å². The lowest BCUT2D eigenvalue weighted by atomic mass is 10.1. The topological polar surface area (TPSA) is 34.0 Å². The smallest absolute Gasteiger partial charge is 0.153 e. The third-order valence-electron chi connectivity index (χ3n) is 4.70. The Morgan fingerprint density at radius 1 is 0.577 bits per heavy atom. The van der Waals surface area contributed by atoms with Crippen LogP contribution in [0.4, 0.5) is 11.4 Å².